The van der Waals surface area contributed by atoms with E-state index in [9.17, 15) is 9.59 Å². The molecule has 0 fully saturated rings. The van der Waals surface area contributed by atoms with Crippen LogP contribution < -0.4 is 5.32 Å². The molecule has 0 aromatic heterocycles. The first kappa shape index (κ1) is 14.9. The van der Waals surface area contributed by atoms with Crippen LogP contribution in [0.25, 0.3) is 0 Å². The molecule has 0 aliphatic heterocycles. The Morgan fingerprint density at radius 2 is 2.00 bits per heavy atom. The Morgan fingerprint density at radius 1 is 1.44 bits per heavy atom. The molecule has 0 radical (unpaired) electrons. The highest BCUT2D eigenvalue weighted by molar-refractivity contribution is 5.77. The zero-order chi connectivity index (χ0) is 12.8. The van der Waals surface area contributed by atoms with Gasteiger partial charge < -0.3 is 15.2 Å². The lowest BCUT2D eigenvalue weighted by molar-refractivity contribution is -0.137. The van der Waals surface area contributed by atoms with E-state index in [1.165, 1.54) is 0 Å². The number of ether oxygens (including phenoxy) is 1. The Morgan fingerprint density at radius 3 is 2.44 bits per heavy atom. The predicted octanol–water partition coefficient (Wildman–Crippen LogP) is 1.17. The monoisotopic (exact) mass is 231 g/mol. The maximum atomic E-state index is 11.5. The average molecular weight is 231 g/mol. The molecule has 1 amide bonds. The van der Waals surface area contributed by atoms with Gasteiger partial charge >= 0.3 is 5.97 Å². The summed E-state index contributed by atoms with van der Waals surface area (Å²) < 4.78 is 5.13. The van der Waals surface area contributed by atoms with Gasteiger partial charge in [-0.05, 0) is 27.2 Å². The van der Waals surface area contributed by atoms with Crippen LogP contribution in [0.5, 0.6) is 0 Å². The van der Waals surface area contributed by atoms with Crippen molar-refractivity contribution in [1.29, 1.82) is 0 Å². The van der Waals surface area contributed by atoms with Crippen LogP contribution in [-0.4, -0.2) is 35.7 Å². The van der Waals surface area contributed by atoms with E-state index in [1.807, 2.05) is 13.8 Å². The van der Waals surface area contributed by atoms with E-state index < -0.39 is 11.6 Å². The van der Waals surface area contributed by atoms with Crippen molar-refractivity contribution in [3.8, 4) is 0 Å². The summed E-state index contributed by atoms with van der Waals surface area (Å²) in [5, 5.41) is 11.2. The van der Waals surface area contributed by atoms with Gasteiger partial charge in [-0.3, -0.25) is 9.59 Å². The van der Waals surface area contributed by atoms with E-state index in [0.717, 1.165) is 0 Å². The number of carbonyl (C=O) groups excluding carboxylic acids is 1. The molecule has 0 aliphatic rings. The third kappa shape index (κ3) is 7.23. The van der Waals surface area contributed by atoms with Crippen molar-refractivity contribution in [1.82, 2.24) is 5.32 Å². The van der Waals surface area contributed by atoms with Crippen molar-refractivity contribution in [3.05, 3.63) is 0 Å². The van der Waals surface area contributed by atoms with Gasteiger partial charge in [0.1, 0.15) is 0 Å². The van der Waals surface area contributed by atoms with Gasteiger partial charge in [-0.25, -0.2) is 0 Å². The van der Waals surface area contributed by atoms with E-state index in [2.05, 4.69) is 5.32 Å². The molecule has 1 unspecified atom stereocenters. The van der Waals surface area contributed by atoms with E-state index in [0.29, 0.717) is 6.42 Å². The third-order valence-corrected chi connectivity index (χ3v) is 2.34. The molecule has 0 heterocycles. The molecule has 0 aromatic carbocycles. The van der Waals surface area contributed by atoms with Crippen LogP contribution in [0, 0.1) is 0 Å². The van der Waals surface area contributed by atoms with Crippen molar-refractivity contribution < 1.29 is 19.4 Å². The molecule has 2 N–H and O–H groups in total. The fourth-order valence-electron chi connectivity index (χ4n) is 1.20. The molecule has 0 bridgehead atoms. The molecule has 16 heavy (non-hydrogen) atoms. The van der Waals surface area contributed by atoms with Crippen molar-refractivity contribution in [2.45, 2.75) is 51.7 Å². The second-order valence-electron chi connectivity index (χ2n) is 4.54. The predicted molar refractivity (Wildman–Crippen MR) is 60.2 cm³/mol. The van der Waals surface area contributed by atoms with Crippen molar-refractivity contribution in [2.75, 3.05) is 7.11 Å². The molecule has 5 heteroatoms. The molecule has 0 saturated carbocycles. The zero-order valence-electron chi connectivity index (χ0n) is 10.4. The summed E-state index contributed by atoms with van der Waals surface area (Å²) in [6.45, 7) is 5.45. The second kappa shape index (κ2) is 6.48. The molecule has 0 aliphatic carbocycles. The van der Waals surface area contributed by atoms with Gasteiger partial charge in [0.25, 0.3) is 0 Å². The standard InChI is InChI=1S/C11H21NO4/c1-8(5-6-10(14)15)12-9(13)7-11(2,3)16-4/h8H,5-7H2,1-4H3,(H,12,13)(H,14,15). The lowest BCUT2D eigenvalue weighted by atomic mass is 10.0. The lowest BCUT2D eigenvalue weighted by Crippen LogP contribution is -2.38. The topological polar surface area (TPSA) is 75.6 Å². The molecule has 0 saturated heterocycles. The van der Waals surface area contributed by atoms with Crippen molar-refractivity contribution >= 4 is 11.9 Å². The summed E-state index contributed by atoms with van der Waals surface area (Å²) in [4.78, 5) is 21.9. The summed E-state index contributed by atoms with van der Waals surface area (Å²) in [6.07, 6.45) is 0.768. The summed E-state index contributed by atoms with van der Waals surface area (Å²) in [5.74, 6) is -0.969. The van der Waals surface area contributed by atoms with Gasteiger partial charge in [-0.2, -0.15) is 0 Å². The summed E-state index contributed by atoms with van der Waals surface area (Å²) in [5.41, 5.74) is -0.489. The smallest absolute Gasteiger partial charge is 0.303 e. The number of methoxy groups -OCH3 is 1. The SMILES string of the molecule is COC(C)(C)CC(=O)NC(C)CCC(=O)O. The zero-order valence-corrected chi connectivity index (χ0v) is 10.4. The van der Waals surface area contributed by atoms with Crippen molar-refractivity contribution in [2.24, 2.45) is 0 Å². The number of carbonyl (C=O) groups is 2. The van der Waals surface area contributed by atoms with E-state index in [1.54, 1.807) is 14.0 Å². The van der Waals surface area contributed by atoms with Crippen LogP contribution in [0.1, 0.15) is 40.0 Å². The normalized spacial score (nSPS) is 13.2. The lowest BCUT2D eigenvalue weighted by Gasteiger charge is -2.23. The van der Waals surface area contributed by atoms with E-state index in [-0.39, 0.29) is 24.8 Å². The van der Waals surface area contributed by atoms with Gasteiger partial charge in [0.15, 0.2) is 0 Å². The van der Waals surface area contributed by atoms with Crippen LogP contribution in [-0.2, 0) is 14.3 Å². The minimum Gasteiger partial charge on any atom is -0.481 e. The minimum absolute atomic E-state index is 0.0646. The van der Waals surface area contributed by atoms with Crippen LogP contribution >= 0.6 is 0 Å². The van der Waals surface area contributed by atoms with E-state index in [4.69, 9.17) is 9.84 Å². The number of rotatable bonds is 7. The molecule has 94 valence electrons. The highest BCUT2D eigenvalue weighted by Gasteiger charge is 2.21. The number of aliphatic carboxylic acids is 1. The number of amides is 1. The largest absolute Gasteiger partial charge is 0.481 e. The van der Waals surface area contributed by atoms with Crippen LogP contribution in [0.4, 0.5) is 0 Å². The maximum absolute atomic E-state index is 11.5. The highest BCUT2D eigenvalue weighted by Crippen LogP contribution is 2.12. The first-order valence-electron chi connectivity index (χ1n) is 5.33. The summed E-state index contributed by atoms with van der Waals surface area (Å²) in [6, 6.07) is -0.128. The fraction of sp³-hybridized carbons (Fsp3) is 0.818. The maximum Gasteiger partial charge on any atom is 0.303 e. The fourth-order valence-corrected chi connectivity index (χ4v) is 1.20. The Hall–Kier alpha value is -1.10. The van der Waals surface area contributed by atoms with Gasteiger partial charge in [0.05, 0.1) is 12.0 Å². The number of nitrogens with one attached hydrogen (secondary N) is 1. The molecule has 0 spiro atoms. The summed E-state index contributed by atoms with van der Waals surface area (Å²) >= 11 is 0. The Labute approximate surface area is 96.2 Å². The van der Waals surface area contributed by atoms with Crippen molar-refractivity contribution in [3.63, 3.8) is 0 Å². The highest BCUT2D eigenvalue weighted by atomic mass is 16.5. The molecular formula is C11H21NO4. The van der Waals surface area contributed by atoms with Gasteiger partial charge in [-0.15, -0.1) is 0 Å². The number of hydrogen-bond acceptors (Lipinski definition) is 3. The number of carboxylic acid groups (broad SMARTS) is 1. The molecule has 0 rings (SSSR count). The van der Waals surface area contributed by atoms with Gasteiger partial charge in [0.2, 0.25) is 5.91 Å². The number of hydrogen-bond donors (Lipinski definition) is 2. The Balaban J connectivity index is 3.91. The average Bonchev–Trinajstić information content (AvgIpc) is 2.13. The quantitative estimate of drug-likeness (QED) is 0.689. The Kier molecular flexibility index (Phi) is 6.03. The Bertz CT molecular complexity index is 250. The van der Waals surface area contributed by atoms with Crippen LogP contribution in [0.2, 0.25) is 0 Å². The molecule has 1 atom stereocenters. The van der Waals surface area contributed by atoms with Gasteiger partial charge in [0, 0.05) is 19.6 Å². The van der Waals surface area contributed by atoms with Crippen LogP contribution in [0.15, 0.2) is 0 Å². The molecule has 0 aromatic rings. The molecule has 5 nitrogen and oxygen atoms in total. The summed E-state index contributed by atoms with van der Waals surface area (Å²) in [7, 11) is 1.56. The first-order chi connectivity index (χ1) is 7.26. The van der Waals surface area contributed by atoms with Gasteiger partial charge in [-0.1, -0.05) is 0 Å². The first-order valence-corrected chi connectivity index (χ1v) is 5.33. The number of carboxylic acids is 1. The van der Waals surface area contributed by atoms with Crippen LogP contribution in [0.3, 0.4) is 0 Å². The second-order valence-corrected chi connectivity index (χ2v) is 4.54. The van der Waals surface area contributed by atoms with E-state index >= 15 is 0 Å². The minimum atomic E-state index is -0.849. The third-order valence-electron chi connectivity index (χ3n) is 2.34. The molecular weight excluding hydrogens is 210 g/mol.